The van der Waals surface area contributed by atoms with Crippen LogP contribution in [0.15, 0.2) is 18.5 Å². The van der Waals surface area contributed by atoms with Gasteiger partial charge < -0.3 is 4.84 Å². The molecule has 0 fully saturated rings. The van der Waals surface area contributed by atoms with Gasteiger partial charge in [-0.1, -0.05) is 0 Å². The number of nitrogens with one attached hydrogen (secondary N) is 1. The highest BCUT2D eigenvalue weighted by Gasteiger charge is 1.99. The van der Waals surface area contributed by atoms with Gasteiger partial charge in [0.1, 0.15) is 0 Å². The topological polar surface area (TPSA) is 51.5 Å². The van der Waals surface area contributed by atoms with Gasteiger partial charge >= 0.3 is 0 Å². The first-order valence-electron chi connectivity index (χ1n) is 4.36. The predicted molar refractivity (Wildman–Crippen MR) is 51.6 cm³/mol. The lowest BCUT2D eigenvalue weighted by Gasteiger charge is -2.01. The largest absolute Gasteiger partial charge is 0.305 e. The summed E-state index contributed by atoms with van der Waals surface area (Å²) in [7, 11) is 1.59. The van der Waals surface area contributed by atoms with Crippen molar-refractivity contribution in [2.24, 2.45) is 0 Å². The molecule has 0 aliphatic rings. The van der Waals surface area contributed by atoms with Crippen LogP contribution in [0.5, 0.6) is 0 Å². The summed E-state index contributed by atoms with van der Waals surface area (Å²) in [6, 6.07) is 1.94. The summed E-state index contributed by atoms with van der Waals surface area (Å²) in [5.41, 5.74) is 5.62. The molecular formula is C9H12N4O. The zero-order valence-corrected chi connectivity index (χ0v) is 8.19. The highest BCUT2D eigenvalue weighted by molar-refractivity contribution is 5.38. The van der Waals surface area contributed by atoms with Crippen LogP contribution >= 0.6 is 0 Å². The van der Waals surface area contributed by atoms with Gasteiger partial charge in [0, 0.05) is 30.6 Å². The molecule has 0 spiro atoms. The first kappa shape index (κ1) is 9.11. The van der Waals surface area contributed by atoms with Gasteiger partial charge in [0.05, 0.1) is 12.8 Å². The molecule has 74 valence electrons. The smallest absolute Gasteiger partial charge is 0.155 e. The molecule has 2 rings (SSSR count). The van der Waals surface area contributed by atoms with Gasteiger partial charge in [0.2, 0.25) is 0 Å². The molecule has 0 saturated heterocycles. The molecule has 0 atom stereocenters. The highest BCUT2D eigenvalue weighted by atomic mass is 16.6. The second-order valence-electron chi connectivity index (χ2n) is 3.08. The van der Waals surface area contributed by atoms with Crippen molar-refractivity contribution in [3.63, 3.8) is 0 Å². The molecular weight excluding hydrogens is 180 g/mol. The van der Waals surface area contributed by atoms with Gasteiger partial charge in [-0.15, -0.1) is 0 Å². The molecule has 0 aromatic carbocycles. The minimum absolute atomic E-state index is 0.623. The van der Waals surface area contributed by atoms with Crippen molar-refractivity contribution in [3.05, 3.63) is 29.7 Å². The first-order chi connectivity index (χ1) is 6.79. The zero-order chi connectivity index (χ0) is 9.97. The fourth-order valence-corrected chi connectivity index (χ4v) is 1.28. The van der Waals surface area contributed by atoms with Crippen LogP contribution in [-0.4, -0.2) is 21.7 Å². The van der Waals surface area contributed by atoms with E-state index in [-0.39, 0.29) is 0 Å². The van der Waals surface area contributed by atoms with E-state index in [9.17, 15) is 0 Å². The fourth-order valence-electron chi connectivity index (χ4n) is 1.28. The number of hydroxylamine groups is 1. The molecule has 14 heavy (non-hydrogen) atoms. The average molecular weight is 192 g/mol. The monoisotopic (exact) mass is 192 g/mol. The first-order valence-corrected chi connectivity index (χ1v) is 4.36. The van der Waals surface area contributed by atoms with Crippen molar-refractivity contribution in [1.29, 1.82) is 0 Å². The van der Waals surface area contributed by atoms with Crippen LogP contribution in [0, 0.1) is 6.92 Å². The Kier molecular flexibility index (Phi) is 2.43. The van der Waals surface area contributed by atoms with E-state index in [4.69, 9.17) is 4.84 Å². The highest BCUT2D eigenvalue weighted by Crippen LogP contribution is 2.04. The Balaban J connectivity index is 2.31. The lowest BCUT2D eigenvalue weighted by atomic mass is 10.3. The molecule has 0 radical (unpaired) electrons. The Hall–Kier alpha value is -1.46. The molecule has 5 nitrogen and oxygen atoms in total. The molecule has 5 heteroatoms. The number of hydrogen-bond donors (Lipinski definition) is 1. The van der Waals surface area contributed by atoms with Crippen LogP contribution in [0.2, 0.25) is 0 Å². The summed E-state index contributed by atoms with van der Waals surface area (Å²) in [4.78, 5) is 9.02. The SMILES string of the molecule is CONCc1cnc2cc(C)nn2c1. The second-order valence-corrected chi connectivity index (χ2v) is 3.08. The Labute approximate surface area is 81.7 Å². The zero-order valence-electron chi connectivity index (χ0n) is 8.19. The molecule has 0 unspecified atom stereocenters. The maximum absolute atomic E-state index is 4.76. The maximum Gasteiger partial charge on any atom is 0.155 e. The van der Waals surface area contributed by atoms with E-state index in [1.807, 2.05) is 25.4 Å². The number of fused-ring (bicyclic) bond motifs is 1. The Morgan fingerprint density at radius 1 is 1.57 bits per heavy atom. The van der Waals surface area contributed by atoms with E-state index in [2.05, 4.69) is 15.6 Å². The van der Waals surface area contributed by atoms with Crippen LogP contribution in [0.4, 0.5) is 0 Å². The average Bonchev–Trinajstić information content (AvgIpc) is 2.54. The number of rotatable bonds is 3. The van der Waals surface area contributed by atoms with Gasteiger partial charge in [0.15, 0.2) is 5.65 Å². The summed E-state index contributed by atoms with van der Waals surface area (Å²) in [6.07, 6.45) is 3.74. The van der Waals surface area contributed by atoms with Crippen molar-refractivity contribution in [3.8, 4) is 0 Å². The second kappa shape index (κ2) is 3.73. The van der Waals surface area contributed by atoms with E-state index in [0.717, 1.165) is 16.9 Å². The summed E-state index contributed by atoms with van der Waals surface area (Å²) in [6.45, 7) is 2.57. The third kappa shape index (κ3) is 1.73. The van der Waals surface area contributed by atoms with Gasteiger partial charge in [-0.2, -0.15) is 10.6 Å². The summed E-state index contributed by atoms with van der Waals surface area (Å²) >= 11 is 0. The van der Waals surface area contributed by atoms with E-state index < -0.39 is 0 Å². The molecule has 2 aromatic rings. The molecule has 2 heterocycles. The van der Waals surface area contributed by atoms with E-state index in [1.165, 1.54) is 0 Å². The Morgan fingerprint density at radius 2 is 2.43 bits per heavy atom. The summed E-state index contributed by atoms with van der Waals surface area (Å²) < 4.78 is 1.77. The van der Waals surface area contributed by atoms with Crippen LogP contribution in [0.3, 0.4) is 0 Å². The van der Waals surface area contributed by atoms with Gasteiger partial charge in [-0.05, 0) is 6.92 Å². The van der Waals surface area contributed by atoms with Gasteiger partial charge in [-0.3, -0.25) is 0 Å². The quantitative estimate of drug-likeness (QED) is 0.727. The number of hydrogen-bond acceptors (Lipinski definition) is 4. The molecule has 0 aliphatic heterocycles. The van der Waals surface area contributed by atoms with E-state index >= 15 is 0 Å². The Bertz CT molecular complexity index is 437. The lowest BCUT2D eigenvalue weighted by molar-refractivity contribution is 0.0865. The lowest BCUT2D eigenvalue weighted by Crippen LogP contribution is -2.11. The molecule has 0 bridgehead atoms. The minimum Gasteiger partial charge on any atom is -0.305 e. The summed E-state index contributed by atoms with van der Waals surface area (Å²) in [5.74, 6) is 0. The van der Waals surface area contributed by atoms with Crippen LogP contribution in [-0.2, 0) is 11.4 Å². The van der Waals surface area contributed by atoms with Crippen molar-refractivity contribution >= 4 is 5.65 Å². The van der Waals surface area contributed by atoms with Gasteiger partial charge in [-0.25, -0.2) is 9.50 Å². The standard InChI is InChI=1S/C9H12N4O/c1-7-3-9-10-4-8(5-11-14-2)6-13(9)12-7/h3-4,6,11H,5H2,1-2H3. The minimum atomic E-state index is 0.623. The van der Waals surface area contributed by atoms with Crippen molar-refractivity contribution in [2.45, 2.75) is 13.5 Å². The van der Waals surface area contributed by atoms with Crippen molar-refractivity contribution in [2.75, 3.05) is 7.11 Å². The molecule has 0 amide bonds. The van der Waals surface area contributed by atoms with Crippen LogP contribution < -0.4 is 5.48 Å². The van der Waals surface area contributed by atoms with Crippen LogP contribution in [0.25, 0.3) is 5.65 Å². The van der Waals surface area contributed by atoms with Crippen molar-refractivity contribution in [1.82, 2.24) is 20.1 Å². The number of aromatic nitrogens is 3. The van der Waals surface area contributed by atoms with Crippen LogP contribution in [0.1, 0.15) is 11.3 Å². The molecule has 2 aromatic heterocycles. The molecule has 0 aliphatic carbocycles. The normalized spacial score (nSPS) is 11.0. The maximum atomic E-state index is 4.76. The predicted octanol–water partition coefficient (Wildman–Crippen LogP) is 0.689. The fraction of sp³-hybridized carbons (Fsp3) is 0.333. The Morgan fingerprint density at radius 3 is 3.21 bits per heavy atom. The van der Waals surface area contributed by atoms with E-state index in [1.54, 1.807) is 11.6 Å². The van der Waals surface area contributed by atoms with Gasteiger partial charge in [0.25, 0.3) is 0 Å². The number of nitrogens with zero attached hydrogens (tertiary/aromatic N) is 3. The third-order valence-corrected chi connectivity index (χ3v) is 1.91. The van der Waals surface area contributed by atoms with E-state index in [0.29, 0.717) is 6.54 Å². The summed E-state index contributed by atoms with van der Waals surface area (Å²) in [5, 5.41) is 4.27. The molecule has 1 N–H and O–H groups in total. The van der Waals surface area contributed by atoms with Crippen molar-refractivity contribution < 1.29 is 4.84 Å². The molecule has 0 saturated carbocycles. The third-order valence-electron chi connectivity index (χ3n) is 1.91. The number of aryl methyl sites for hydroxylation is 1.